The number of likely N-dealkylation sites (tertiary alicyclic amines) is 1. The Kier molecular flexibility index (Phi) is 3.89. The molecule has 5 heterocycles. The molecule has 8 nitrogen and oxygen atoms in total. The van der Waals surface area contributed by atoms with Crippen LogP contribution in [0.2, 0.25) is 5.15 Å². The van der Waals surface area contributed by atoms with Crippen LogP contribution in [0.25, 0.3) is 27.8 Å². The van der Waals surface area contributed by atoms with Gasteiger partial charge in [-0.2, -0.15) is 5.10 Å². The lowest BCUT2D eigenvalue weighted by molar-refractivity contribution is -0.138. The molecule has 0 unspecified atom stereocenters. The van der Waals surface area contributed by atoms with Crippen molar-refractivity contribution in [3.8, 4) is 16.8 Å². The number of rotatable bonds is 4. The van der Waals surface area contributed by atoms with Gasteiger partial charge in [-0.3, -0.25) is 19.0 Å². The van der Waals surface area contributed by atoms with Gasteiger partial charge in [0, 0.05) is 48.7 Å². The lowest BCUT2D eigenvalue weighted by Gasteiger charge is -2.39. The minimum atomic E-state index is 0.208. The van der Waals surface area contributed by atoms with Crippen molar-refractivity contribution >= 4 is 28.5 Å². The predicted octanol–water partition coefficient (Wildman–Crippen LogP) is 3.13. The first-order valence-electron chi connectivity index (χ1n) is 9.94. The van der Waals surface area contributed by atoms with Crippen molar-refractivity contribution in [2.24, 2.45) is 5.92 Å². The van der Waals surface area contributed by atoms with Crippen molar-refractivity contribution in [1.29, 1.82) is 0 Å². The highest BCUT2D eigenvalue weighted by atomic mass is 35.5. The number of carbonyl (C=O) groups is 1. The van der Waals surface area contributed by atoms with Gasteiger partial charge in [-0.05, 0) is 25.0 Å². The van der Waals surface area contributed by atoms with Gasteiger partial charge >= 0.3 is 0 Å². The summed E-state index contributed by atoms with van der Waals surface area (Å²) in [7, 11) is 0. The second kappa shape index (κ2) is 6.63. The molecule has 4 aromatic heterocycles. The smallest absolute Gasteiger partial charge is 0.225 e. The van der Waals surface area contributed by atoms with E-state index in [1.165, 1.54) is 6.33 Å². The number of hydrogen-bond donors (Lipinski definition) is 0. The Balaban J connectivity index is 1.35. The van der Waals surface area contributed by atoms with Gasteiger partial charge in [0.2, 0.25) is 5.91 Å². The summed E-state index contributed by atoms with van der Waals surface area (Å²) in [5.41, 5.74) is 3.46. The van der Waals surface area contributed by atoms with Crippen LogP contribution in [0.3, 0.4) is 0 Å². The first kappa shape index (κ1) is 17.6. The zero-order valence-electron chi connectivity index (χ0n) is 16.0. The molecule has 9 heteroatoms. The number of hydrogen-bond acceptors (Lipinski definition) is 5. The summed E-state index contributed by atoms with van der Waals surface area (Å²) in [4.78, 5) is 26.9. The molecule has 1 saturated heterocycles. The Morgan fingerprint density at radius 3 is 2.77 bits per heavy atom. The SMILES string of the molecule is O=C(C1CC1)N1CC(n2cc(-c3cn(-c4cccnc4)c4ncnc(Cl)c34)cn2)C1. The van der Waals surface area contributed by atoms with E-state index in [0.717, 1.165) is 53.8 Å². The second-order valence-corrected chi connectivity index (χ2v) is 8.23. The van der Waals surface area contributed by atoms with E-state index in [1.807, 2.05) is 44.9 Å². The van der Waals surface area contributed by atoms with Crippen molar-refractivity contribution in [2.45, 2.75) is 18.9 Å². The van der Waals surface area contributed by atoms with Crippen LogP contribution < -0.4 is 0 Å². The number of nitrogens with zero attached hydrogens (tertiary/aromatic N) is 7. The number of aromatic nitrogens is 6. The summed E-state index contributed by atoms with van der Waals surface area (Å²) in [5.74, 6) is 0.557. The normalized spacial score (nSPS) is 16.8. The van der Waals surface area contributed by atoms with Gasteiger partial charge < -0.3 is 4.90 Å². The predicted molar refractivity (Wildman–Crippen MR) is 111 cm³/mol. The number of halogens is 1. The summed E-state index contributed by atoms with van der Waals surface area (Å²) < 4.78 is 3.90. The molecule has 4 aromatic rings. The zero-order chi connectivity index (χ0) is 20.2. The van der Waals surface area contributed by atoms with Crippen LogP contribution in [0.15, 0.2) is 49.4 Å². The minimum absolute atomic E-state index is 0.208. The summed E-state index contributed by atoms with van der Waals surface area (Å²) in [5, 5.41) is 5.74. The standard InChI is InChI=1S/C21H18ClN7O/c22-19-18-17(11-28(20(18)25-12-24-19)15-2-1-5-23-7-15)14-6-26-29(8-14)16-9-27(10-16)21(30)13-3-4-13/h1-2,5-8,11-13,16H,3-4,9-10H2. The maximum absolute atomic E-state index is 12.2. The van der Waals surface area contributed by atoms with Gasteiger partial charge in [0.05, 0.1) is 29.5 Å². The quantitative estimate of drug-likeness (QED) is 0.475. The third-order valence-electron chi connectivity index (χ3n) is 5.85. The van der Waals surface area contributed by atoms with E-state index >= 15 is 0 Å². The van der Waals surface area contributed by atoms with Gasteiger partial charge in [-0.15, -0.1) is 0 Å². The van der Waals surface area contributed by atoms with Crippen LogP contribution in [-0.2, 0) is 4.79 Å². The molecule has 0 aromatic carbocycles. The third kappa shape index (κ3) is 2.79. The summed E-state index contributed by atoms with van der Waals surface area (Å²) in [6, 6.07) is 4.06. The fourth-order valence-electron chi connectivity index (χ4n) is 4.00. The largest absolute Gasteiger partial charge is 0.338 e. The van der Waals surface area contributed by atoms with Crippen LogP contribution in [0, 0.1) is 5.92 Å². The van der Waals surface area contributed by atoms with E-state index in [0.29, 0.717) is 11.1 Å². The lowest BCUT2D eigenvalue weighted by atomic mass is 10.1. The minimum Gasteiger partial charge on any atom is -0.338 e. The molecule has 1 aliphatic heterocycles. The van der Waals surface area contributed by atoms with Crippen molar-refractivity contribution in [3.05, 3.63) is 54.6 Å². The van der Waals surface area contributed by atoms with Crippen molar-refractivity contribution in [3.63, 3.8) is 0 Å². The number of carbonyl (C=O) groups excluding carboxylic acids is 1. The van der Waals surface area contributed by atoms with Gasteiger partial charge in [0.25, 0.3) is 0 Å². The Bertz CT molecular complexity index is 1260. The molecule has 6 rings (SSSR count). The maximum Gasteiger partial charge on any atom is 0.225 e. The van der Waals surface area contributed by atoms with E-state index < -0.39 is 0 Å². The molecule has 0 spiro atoms. The fourth-order valence-corrected chi connectivity index (χ4v) is 4.23. The average Bonchev–Trinajstić information content (AvgIpc) is 3.35. The Hall–Kier alpha value is -3.26. The van der Waals surface area contributed by atoms with Crippen molar-refractivity contribution in [2.75, 3.05) is 13.1 Å². The van der Waals surface area contributed by atoms with Crippen LogP contribution in [0.4, 0.5) is 0 Å². The van der Waals surface area contributed by atoms with Gasteiger partial charge in [0.1, 0.15) is 17.1 Å². The zero-order valence-corrected chi connectivity index (χ0v) is 16.8. The van der Waals surface area contributed by atoms with Crippen LogP contribution in [0.1, 0.15) is 18.9 Å². The monoisotopic (exact) mass is 419 g/mol. The maximum atomic E-state index is 12.2. The first-order valence-corrected chi connectivity index (χ1v) is 10.3. The van der Waals surface area contributed by atoms with Crippen molar-refractivity contribution < 1.29 is 4.79 Å². The number of amides is 1. The molecule has 150 valence electrons. The summed E-state index contributed by atoms with van der Waals surface area (Å²) >= 11 is 6.46. The van der Waals surface area contributed by atoms with E-state index in [-0.39, 0.29) is 12.0 Å². The Labute approximate surface area is 177 Å². The van der Waals surface area contributed by atoms with E-state index in [1.54, 1.807) is 12.4 Å². The number of pyridine rings is 1. The van der Waals surface area contributed by atoms with Crippen LogP contribution >= 0.6 is 11.6 Å². The van der Waals surface area contributed by atoms with Gasteiger partial charge in [-0.1, -0.05) is 11.6 Å². The summed E-state index contributed by atoms with van der Waals surface area (Å²) in [6.45, 7) is 1.44. The van der Waals surface area contributed by atoms with Crippen LogP contribution in [-0.4, -0.2) is 53.2 Å². The third-order valence-corrected chi connectivity index (χ3v) is 6.13. The Morgan fingerprint density at radius 2 is 2.00 bits per heavy atom. The average molecular weight is 420 g/mol. The van der Waals surface area contributed by atoms with Gasteiger partial charge in [-0.25, -0.2) is 9.97 Å². The highest BCUT2D eigenvalue weighted by molar-refractivity contribution is 6.35. The highest BCUT2D eigenvalue weighted by Crippen LogP contribution is 2.37. The molecule has 1 amide bonds. The summed E-state index contributed by atoms with van der Waals surface area (Å²) in [6.07, 6.45) is 12.9. The second-order valence-electron chi connectivity index (χ2n) is 7.87. The highest BCUT2D eigenvalue weighted by Gasteiger charge is 2.40. The molecule has 2 aliphatic rings. The first-order chi connectivity index (χ1) is 14.7. The van der Waals surface area contributed by atoms with E-state index in [4.69, 9.17) is 11.6 Å². The molecule has 0 N–H and O–H groups in total. The molecule has 0 radical (unpaired) electrons. The van der Waals surface area contributed by atoms with E-state index in [2.05, 4.69) is 20.1 Å². The Morgan fingerprint density at radius 1 is 1.13 bits per heavy atom. The topological polar surface area (TPSA) is 81.7 Å². The molecular formula is C21H18ClN7O. The molecule has 0 atom stereocenters. The molecular weight excluding hydrogens is 402 g/mol. The number of fused-ring (bicyclic) bond motifs is 1. The molecule has 1 aliphatic carbocycles. The molecule has 0 bridgehead atoms. The molecule has 2 fully saturated rings. The van der Waals surface area contributed by atoms with E-state index in [9.17, 15) is 4.79 Å². The molecule has 30 heavy (non-hydrogen) atoms. The fraction of sp³-hybridized carbons (Fsp3) is 0.286. The van der Waals surface area contributed by atoms with Gasteiger partial charge in [0.15, 0.2) is 0 Å². The van der Waals surface area contributed by atoms with Crippen LogP contribution in [0.5, 0.6) is 0 Å². The van der Waals surface area contributed by atoms with Crippen molar-refractivity contribution in [1.82, 2.24) is 34.2 Å². The lowest BCUT2D eigenvalue weighted by Crippen LogP contribution is -2.51. The molecule has 1 saturated carbocycles.